The van der Waals surface area contributed by atoms with Crippen LogP contribution in [-0.4, -0.2) is 26.1 Å². The Kier molecular flexibility index (Phi) is 7.06. The van der Waals surface area contributed by atoms with Gasteiger partial charge in [-0.3, -0.25) is 4.79 Å². The average molecular weight is 409 g/mol. The van der Waals surface area contributed by atoms with Crippen LogP contribution in [0, 0.1) is 12.8 Å². The molecule has 0 aliphatic carbocycles. The van der Waals surface area contributed by atoms with Crippen molar-refractivity contribution in [2.75, 3.05) is 25.1 Å². The molecule has 1 aliphatic heterocycles. The van der Waals surface area contributed by atoms with Gasteiger partial charge in [0.2, 0.25) is 0 Å². The van der Waals surface area contributed by atoms with E-state index in [-0.39, 0.29) is 17.9 Å². The topological polar surface area (TPSA) is 41.6 Å². The van der Waals surface area contributed by atoms with Crippen LogP contribution in [-0.2, 0) is 0 Å². The van der Waals surface area contributed by atoms with Gasteiger partial charge in [-0.2, -0.15) is 0 Å². The minimum atomic E-state index is -0.0594. The standard InChI is InChI=1S/C26H36N2O2/c1-17(2)23-15-24(19(4)14-25(23)30-6)26(29)27-20(5)21-9-11-22(12-10-21)28-13-7-8-18(3)16-28/h9-12,14-15,17-18,20H,7-8,13,16H2,1-6H3,(H,27,29)/t18-,20-/m1/s1. The maximum absolute atomic E-state index is 13.0. The molecule has 0 radical (unpaired) electrons. The van der Waals surface area contributed by atoms with Gasteiger partial charge in [0.1, 0.15) is 5.75 Å². The van der Waals surface area contributed by atoms with Crippen LogP contribution in [0.4, 0.5) is 5.69 Å². The van der Waals surface area contributed by atoms with Gasteiger partial charge < -0.3 is 15.0 Å². The van der Waals surface area contributed by atoms with E-state index in [1.165, 1.54) is 18.5 Å². The zero-order valence-electron chi connectivity index (χ0n) is 19.3. The minimum Gasteiger partial charge on any atom is -0.496 e. The lowest BCUT2D eigenvalue weighted by molar-refractivity contribution is 0.0939. The molecule has 4 nitrogen and oxygen atoms in total. The molecule has 1 heterocycles. The SMILES string of the molecule is COc1cc(C)c(C(=O)N[C@H](C)c2ccc(N3CCC[C@@H](C)C3)cc2)cc1C(C)C. The van der Waals surface area contributed by atoms with E-state index in [9.17, 15) is 4.79 Å². The van der Waals surface area contributed by atoms with Crippen molar-refractivity contribution in [2.45, 2.75) is 59.4 Å². The number of aryl methyl sites for hydroxylation is 1. The smallest absolute Gasteiger partial charge is 0.252 e. The summed E-state index contributed by atoms with van der Waals surface area (Å²) in [6.45, 7) is 12.8. The van der Waals surface area contributed by atoms with E-state index < -0.39 is 0 Å². The summed E-state index contributed by atoms with van der Waals surface area (Å²) in [5.74, 6) is 1.84. The van der Waals surface area contributed by atoms with Crippen LogP contribution in [0.15, 0.2) is 36.4 Å². The predicted octanol–water partition coefficient (Wildman–Crippen LogP) is 5.85. The number of carbonyl (C=O) groups is 1. The second kappa shape index (κ2) is 9.55. The van der Waals surface area contributed by atoms with Gasteiger partial charge in [0.25, 0.3) is 5.91 Å². The molecular formula is C26H36N2O2. The van der Waals surface area contributed by atoms with E-state index in [1.807, 2.05) is 26.0 Å². The van der Waals surface area contributed by atoms with Gasteiger partial charge in [-0.15, -0.1) is 0 Å². The molecule has 162 valence electrons. The third-order valence-corrected chi connectivity index (χ3v) is 6.21. The first-order chi connectivity index (χ1) is 14.3. The monoisotopic (exact) mass is 408 g/mol. The molecule has 1 aliphatic rings. The number of carbonyl (C=O) groups excluding carboxylic acids is 1. The number of hydrogen-bond acceptors (Lipinski definition) is 3. The summed E-state index contributed by atoms with van der Waals surface area (Å²) in [5, 5.41) is 3.17. The molecule has 2 atom stereocenters. The third-order valence-electron chi connectivity index (χ3n) is 6.21. The van der Waals surface area contributed by atoms with Gasteiger partial charge in [0.05, 0.1) is 13.2 Å². The number of benzene rings is 2. The lowest BCUT2D eigenvalue weighted by Gasteiger charge is -2.33. The zero-order valence-corrected chi connectivity index (χ0v) is 19.3. The molecule has 2 aromatic carbocycles. The first-order valence-corrected chi connectivity index (χ1v) is 11.1. The summed E-state index contributed by atoms with van der Waals surface area (Å²) < 4.78 is 5.50. The van der Waals surface area contributed by atoms with Gasteiger partial charge in [-0.25, -0.2) is 0 Å². The van der Waals surface area contributed by atoms with Crippen LogP contribution in [0.5, 0.6) is 5.75 Å². The van der Waals surface area contributed by atoms with Gasteiger partial charge in [0, 0.05) is 24.3 Å². The number of methoxy groups -OCH3 is 1. The highest BCUT2D eigenvalue weighted by molar-refractivity contribution is 5.96. The highest BCUT2D eigenvalue weighted by Crippen LogP contribution is 2.30. The number of rotatable bonds is 6. The first-order valence-electron chi connectivity index (χ1n) is 11.1. The summed E-state index contributed by atoms with van der Waals surface area (Å²) in [6, 6.07) is 12.5. The third kappa shape index (κ3) is 4.97. The lowest BCUT2D eigenvalue weighted by atomic mass is 9.95. The van der Waals surface area contributed by atoms with Crippen molar-refractivity contribution >= 4 is 11.6 Å². The summed E-state index contributed by atoms with van der Waals surface area (Å²) in [6.07, 6.45) is 2.58. The lowest BCUT2D eigenvalue weighted by Crippen LogP contribution is -2.34. The number of hydrogen-bond donors (Lipinski definition) is 1. The minimum absolute atomic E-state index is 0.0431. The van der Waals surface area contributed by atoms with Crippen LogP contribution < -0.4 is 15.0 Å². The molecule has 3 rings (SSSR count). The van der Waals surface area contributed by atoms with Gasteiger partial charge in [-0.1, -0.05) is 32.9 Å². The van der Waals surface area contributed by atoms with Gasteiger partial charge >= 0.3 is 0 Å². The molecule has 0 spiro atoms. The van der Waals surface area contributed by atoms with Gasteiger partial charge in [0.15, 0.2) is 0 Å². The first kappa shape index (κ1) is 22.2. The molecule has 1 fully saturated rings. The predicted molar refractivity (Wildman–Crippen MR) is 125 cm³/mol. The van der Waals surface area contributed by atoms with E-state index >= 15 is 0 Å². The van der Waals surface area contributed by atoms with Crippen molar-refractivity contribution in [3.8, 4) is 5.75 Å². The normalized spacial score (nSPS) is 17.7. The van der Waals surface area contributed by atoms with E-state index in [1.54, 1.807) is 7.11 Å². The molecule has 2 aromatic rings. The fraction of sp³-hybridized carbons (Fsp3) is 0.500. The summed E-state index contributed by atoms with van der Waals surface area (Å²) in [5.41, 5.74) is 5.09. The van der Waals surface area contributed by atoms with E-state index in [2.05, 4.69) is 55.3 Å². The molecular weight excluding hydrogens is 372 g/mol. The van der Waals surface area contributed by atoms with Crippen molar-refractivity contribution in [3.05, 3.63) is 58.7 Å². The molecule has 0 unspecified atom stereocenters. The van der Waals surface area contributed by atoms with Gasteiger partial charge in [-0.05, 0) is 79.5 Å². The molecule has 0 bridgehead atoms. The molecule has 0 aromatic heterocycles. The van der Waals surface area contributed by atoms with Crippen molar-refractivity contribution in [1.29, 1.82) is 0 Å². The van der Waals surface area contributed by atoms with Crippen LogP contribution >= 0.6 is 0 Å². The Morgan fingerprint density at radius 3 is 2.47 bits per heavy atom. The summed E-state index contributed by atoms with van der Waals surface area (Å²) in [7, 11) is 1.68. The van der Waals surface area contributed by atoms with Crippen LogP contribution in [0.2, 0.25) is 0 Å². The Morgan fingerprint density at radius 1 is 1.17 bits per heavy atom. The van der Waals surface area contributed by atoms with Crippen molar-refractivity contribution in [3.63, 3.8) is 0 Å². The maximum atomic E-state index is 13.0. The van der Waals surface area contributed by atoms with Crippen molar-refractivity contribution in [2.24, 2.45) is 5.92 Å². The highest BCUT2D eigenvalue weighted by Gasteiger charge is 2.19. The number of anilines is 1. The van der Waals surface area contributed by atoms with E-state index in [4.69, 9.17) is 4.74 Å². The largest absolute Gasteiger partial charge is 0.496 e. The number of amides is 1. The summed E-state index contributed by atoms with van der Waals surface area (Å²) in [4.78, 5) is 15.5. The highest BCUT2D eigenvalue weighted by atomic mass is 16.5. The molecule has 0 saturated carbocycles. The average Bonchev–Trinajstić information content (AvgIpc) is 2.73. The Labute approximate surface area is 181 Å². The number of ether oxygens (including phenoxy) is 1. The van der Waals surface area contributed by atoms with Crippen molar-refractivity contribution in [1.82, 2.24) is 5.32 Å². The fourth-order valence-corrected chi connectivity index (χ4v) is 4.33. The quantitative estimate of drug-likeness (QED) is 0.651. The number of piperidine rings is 1. The Balaban J connectivity index is 1.72. The second-order valence-corrected chi connectivity index (χ2v) is 9.04. The molecule has 1 saturated heterocycles. The Hall–Kier alpha value is -2.49. The summed E-state index contributed by atoms with van der Waals surface area (Å²) >= 11 is 0. The Morgan fingerprint density at radius 2 is 1.87 bits per heavy atom. The zero-order chi connectivity index (χ0) is 21.8. The second-order valence-electron chi connectivity index (χ2n) is 9.04. The number of nitrogens with one attached hydrogen (secondary N) is 1. The fourth-order valence-electron chi connectivity index (χ4n) is 4.33. The maximum Gasteiger partial charge on any atom is 0.252 e. The van der Waals surface area contributed by atoms with Crippen LogP contribution in [0.1, 0.15) is 79.5 Å². The van der Waals surface area contributed by atoms with Crippen molar-refractivity contribution < 1.29 is 9.53 Å². The van der Waals surface area contributed by atoms with Crippen LogP contribution in [0.25, 0.3) is 0 Å². The number of nitrogens with zero attached hydrogens (tertiary/aromatic N) is 1. The molecule has 30 heavy (non-hydrogen) atoms. The molecule has 1 amide bonds. The van der Waals surface area contributed by atoms with E-state index in [0.29, 0.717) is 5.56 Å². The Bertz CT molecular complexity index is 873. The van der Waals surface area contributed by atoms with Crippen LogP contribution in [0.3, 0.4) is 0 Å². The molecule has 1 N–H and O–H groups in total. The van der Waals surface area contributed by atoms with E-state index in [0.717, 1.165) is 41.4 Å². The molecule has 4 heteroatoms.